The van der Waals surface area contributed by atoms with E-state index < -0.39 is 17.5 Å². The van der Waals surface area contributed by atoms with Crippen LogP contribution in [0.2, 0.25) is 0 Å². The van der Waals surface area contributed by atoms with Gasteiger partial charge in [0.1, 0.15) is 6.29 Å². The summed E-state index contributed by atoms with van der Waals surface area (Å²) in [5.41, 5.74) is 1.19. The summed E-state index contributed by atoms with van der Waals surface area (Å²) in [6, 6.07) is 5.71. The number of ketones is 1. The highest BCUT2D eigenvalue weighted by atomic mass is 19.4. The zero-order valence-corrected chi connectivity index (χ0v) is 12.6. The summed E-state index contributed by atoms with van der Waals surface area (Å²) in [5.74, 6) is -0.684. The first-order valence-corrected chi connectivity index (χ1v) is 7.56. The van der Waals surface area contributed by atoms with Crippen molar-refractivity contribution in [2.24, 2.45) is 0 Å². The fraction of sp³-hybridized carbons (Fsp3) is 0.278. The number of fused-ring (bicyclic) bond motifs is 1. The van der Waals surface area contributed by atoms with E-state index in [1.807, 2.05) is 0 Å². The van der Waals surface area contributed by atoms with Gasteiger partial charge in [-0.2, -0.15) is 13.2 Å². The maximum Gasteiger partial charge on any atom is 0.416 e. The molecule has 3 nitrogen and oxygen atoms in total. The number of hydrogen-bond donors (Lipinski definition) is 0. The summed E-state index contributed by atoms with van der Waals surface area (Å²) in [4.78, 5) is 27.9. The molecule has 0 N–H and O–H groups in total. The van der Waals surface area contributed by atoms with Crippen LogP contribution in [0.15, 0.2) is 36.5 Å². The molecule has 24 heavy (non-hydrogen) atoms. The summed E-state index contributed by atoms with van der Waals surface area (Å²) in [7, 11) is 0. The zero-order valence-electron chi connectivity index (χ0n) is 12.6. The van der Waals surface area contributed by atoms with Crippen molar-refractivity contribution >= 4 is 12.1 Å². The SMILES string of the molecule is O=CC1CCCc2ncc(C(=O)c3ccc(C(F)(F)F)cc3)cc21. The first-order chi connectivity index (χ1) is 11.4. The highest BCUT2D eigenvalue weighted by molar-refractivity contribution is 6.09. The van der Waals surface area contributed by atoms with Gasteiger partial charge in [-0.15, -0.1) is 0 Å². The van der Waals surface area contributed by atoms with E-state index in [9.17, 15) is 22.8 Å². The number of carbonyl (C=O) groups is 2. The zero-order chi connectivity index (χ0) is 17.3. The largest absolute Gasteiger partial charge is 0.416 e. The minimum Gasteiger partial charge on any atom is -0.303 e. The Morgan fingerprint density at radius 3 is 2.50 bits per heavy atom. The summed E-state index contributed by atoms with van der Waals surface area (Å²) < 4.78 is 37.8. The standard InChI is InChI=1S/C18H14F3NO2/c19-18(20,21)14-6-4-11(5-7-14)17(24)13-8-15-12(10-23)2-1-3-16(15)22-9-13/h4-10,12H,1-3H2. The number of alkyl halides is 3. The Morgan fingerprint density at radius 1 is 1.17 bits per heavy atom. The van der Waals surface area contributed by atoms with Crippen molar-refractivity contribution in [2.75, 3.05) is 0 Å². The number of aryl methyl sites for hydroxylation is 1. The van der Waals surface area contributed by atoms with Crippen LogP contribution in [-0.4, -0.2) is 17.1 Å². The second-order valence-electron chi connectivity index (χ2n) is 5.80. The predicted molar refractivity (Wildman–Crippen MR) is 80.9 cm³/mol. The highest BCUT2D eigenvalue weighted by Crippen LogP contribution is 2.31. The third kappa shape index (κ3) is 3.09. The van der Waals surface area contributed by atoms with Crippen molar-refractivity contribution in [3.05, 3.63) is 64.5 Å². The Bertz CT molecular complexity index is 782. The number of aldehydes is 1. The van der Waals surface area contributed by atoms with E-state index in [0.717, 1.165) is 61.1 Å². The minimum absolute atomic E-state index is 0.156. The number of halogens is 3. The molecule has 124 valence electrons. The van der Waals surface area contributed by atoms with E-state index in [0.29, 0.717) is 0 Å². The van der Waals surface area contributed by atoms with Crippen LogP contribution in [0.4, 0.5) is 13.2 Å². The monoisotopic (exact) mass is 333 g/mol. The van der Waals surface area contributed by atoms with Crippen molar-refractivity contribution in [1.82, 2.24) is 4.98 Å². The lowest BCUT2D eigenvalue weighted by atomic mass is 9.85. The van der Waals surface area contributed by atoms with Gasteiger partial charge in [0.2, 0.25) is 0 Å². The molecule has 1 aliphatic carbocycles. The van der Waals surface area contributed by atoms with E-state index in [4.69, 9.17) is 0 Å². The molecule has 1 unspecified atom stereocenters. The average molecular weight is 333 g/mol. The van der Waals surface area contributed by atoms with Crippen molar-refractivity contribution in [3.63, 3.8) is 0 Å². The van der Waals surface area contributed by atoms with Gasteiger partial charge >= 0.3 is 6.18 Å². The van der Waals surface area contributed by atoms with Gasteiger partial charge in [-0.1, -0.05) is 12.1 Å². The third-order valence-electron chi connectivity index (χ3n) is 4.23. The quantitative estimate of drug-likeness (QED) is 0.631. The van der Waals surface area contributed by atoms with Crippen molar-refractivity contribution in [2.45, 2.75) is 31.4 Å². The molecule has 0 fully saturated rings. The van der Waals surface area contributed by atoms with Gasteiger partial charge in [-0.3, -0.25) is 9.78 Å². The molecule has 0 bridgehead atoms. The predicted octanol–water partition coefficient (Wildman–Crippen LogP) is 3.95. The van der Waals surface area contributed by atoms with E-state index in [2.05, 4.69) is 4.98 Å². The molecular weight excluding hydrogens is 319 g/mol. The first kappa shape index (κ1) is 16.4. The lowest BCUT2D eigenvalue weighted by Gasteiger charge is -2.20. The topological polar surface area (TPSA) is 47.0 Å². The Kier molecular flexibility index (Phi) is 4.22. The second-order valence-corrected chi connectivity index (χ2v) is 5.80. The molecule has 1 atom stereocenters. The van der Waals surface area contributed by atoms with Crippen LogP contribution >= 0.6 is 0 Å². The fourth-order valence-electron chi connectivity index (χ4n) is 2.93. The number of benzene rings is 1. The summed E-state index contributed by atoms with van der Waals surface area (Å²) in [6.45, 7) is 0. The van der Waals surface area contributed by atoms with Gasteiger partial charge < -0.3 is 4.79 Å². The average Bonchev–Trinajstić information content (AvgIpc) is 2.59. The summed E-state index contributed by atoms with van der Waals surface area (Å²) in [6.07, 6.45) is 0.185. The van der Waals surface area contributed by atoms with Crippen LogP contribution in [0.5, 0.6) is 0 Å². The molecule has 2 aromatic rings. The number of aromatic nitrogens is 1. The maximum atomic E-state index is 12.6. The van der Waals surface area contributed by atoms with Gasteiger partial charge in [-0.25, -0.2) is 0 Å². The molecule has 0 aliphatic heterocycles. The van der Waals surface area contributed by atoms with Gasteiger partial charge in [0.05, 0.1) is 5.56 Å². The first-order valence-electron chi connectivity index (χ1n) is 7.56. The molecule has 0 radical (unpaired) electrons. The molecule has 1 aromatic carbocycles. The molecule has 1 aliphatic rings. The van der Waals surface area contributed by atoms with E-state index in [1.54, 1.807) is 6.07 Å². The molecular formula is C18H14F3NO2. The van der Waals surface area contributed by atoms with Gasteiger partial charge in [0, 0.05) is 28.9 Å². The number of carbonyl (C=O) groups excluding carboxylic acids is 2. The summed E-state index contributed by atoms with van der Waals surface area (Å²) >= 11 is 0. The van der Waals surface area contributed by atoms with Crippen molar-refractivity contribution in [1.29, 1.82) is 0 Å². The molecule has 1 aromatic heterocycles. The molecule has 6 heteroatoms. The van der Waals surface area contributed by atoms with E-state index >= 15 is 0 Å². The highest BCUT2D eigenvalue weighted by Gasteiger charge is 2.30. The van der Waals surface area contributed by atoms with Crippen LogP contribution in [0.3, 0.4) is 0 Å². The van der Waals surface area contributed by atoms with Gasteiger partial charge in [0.25, 0.3) is 0 Å². The lowest BCUT2D eigenvalue weighted by Crippen LogP contribution is -2.14. The fourth-order valence-corrected chi connectivity index (χ4v) is 2.93. The van der Waals surface area contributed by atoms with Crippen LogP contribution in [0.1, 0.15) is 51.5 Å². The smallest absolute Gasteiger partial charge is 0.303 e. The molecule has 1 heterocycles. The number of nitrogens with zero attached hydrogens (tertiary/aromatic N) is 1. The van der Waals surface area contributed by atoms with E-state index in [-0.39, 0.29) is 17.0 Å². The normalized spacial score (nSPS) is 17.2. The Balaban J connectivity index is 1.92. The van der Waals surface area contributed by atoms with Crippen LogP contribution in [0.25, 0.3) is 0 Å². The number of hydrogen-bond acceptors (Lipinski definition) is 3. The van der Waals surface area contributed by atoms with Crippen LogP contribution in [0, 0.1) is 0 Å². The molecule has 0 spiro atoms. The molecule has 3 rings (SSSR count). The second kappa shape index (κ2) is 6.19. The van der Waals surface area contributed by atoms with Crippen LogP contribution in [-0.2, 0) is 17.4 Å². The Hall–Kier alpha value is -2.50. The van der Waals surface area contributed by atoms with Gasteiger partial charge in [0.15, 0.2) is 5.78 Å². The van der Waals surface area contributed by atoms with Crippen molar-refractivity contribution in [3.8, 4) is 0 Å². The minimum atomic E-state index is -4.44. The van der Waals surface area contributed by atoms with Gasteiger partial charge in [-0.05, 0) is 43.0 Å². The third-order valence-corrected chi connectivity index (χ3v) is 4.23. The van der Waals surface area contributed by atoms with Crippen molar-refractivity contribution < 1.29 is 22.8 Å². The molecule has 0 saturated carbocycles. The molecule has 0 saturated heterocycles. The molecule has 0 amide bonds. The number of pyridine rings is 1. The van der Waals surface area contributed by atoms with Crippen LogP contribution < -0.4 is 0 Å². The van der Waals surface area contributed by atoms with E-state index in [1.165, 1.54) is 6.20 Å². The Morgan fingerprint density at radius 2 is 1.88 bits per heavy atom. The Labute approximate surface area is 136 Å². The summed E-state index contributed by atoms with van der Waals surface area (Å²) in [5, 5.41) is 0. The lowest BCUT2D eigenvalue weighted by molar-refractivity contribution is -0.137. The maximum absolute atomic E-state index is 12.6. The number of rotatable bonds is 3.